The van der Waals surface area contributed by atoms with Gasteiger partial charge in [0.15, 0.2) is 0 Å². The van der Waals surface area contributed by atoms with Crippen molar-refractivity contribution in [3.05, 3.63) is 46.9 Å². The number of hydrogen-bond donors (Lipinski definition) is 1. The fourth-order valence-corrected chi connectivity index (χ4v) is 4.72. The van der Waals surface area contributed by atoms with E-state index >= 15 is 0 Å². The number of fused-ring (bicyclic) bond motifs is 1. The van der Waals surface area contributed by atoms with Gasteiger partial charge in [0.2, 0.25) is 5.91 Å². The van der Waals surface area contributed by atoms with E-state index in [1.807, 2.05) is 13.8 Å². The second-order valence-corrected chi connectivity index (χ2v) is 7.70. The minimum Gasteiger partial charge on any atom is -0.319 e. The third-order valence-corrected chi connectivity index (χ3v) is 6.05. The summed E-state index contributed by atoms with van der Waals surface area (Å²) in [5.41, 5.74) is 9.19. The summed E-state index contributed by atoms with van der Waals surface area (Å²) in [6, 6.07) is 5.96. The van der Waals surface area contributed by atoms with Crippen molar-refractivity contribution in [1.82, 2.24) is 9.78 Å². The van der Waals surface area contributed by atoms with E-state index in [0.717, 1.165) is 35.5 Å². The lowest BCUT2D eigenvalue weighted by Gasteiger charge is -2.37. The Morgan fingerprint density at radius 1 is 1.19 bits per heavy atom. The Bertz CT molecular complexity index is 839. The Hall–Kier alpha value is -2.21. The van der Waals surface area contributed by atoms with Crippen molar-refractivity contribution in [2.75, 3.05) is 11.4 Å². The Morgan fingerprint density at radius 2 is 1.85 bits per heavy atom. The largest absolute Gasteiger partial charge is 0.319 e. The average Bonchev–Trinajstić information content (AvgIpc) is 3.02. The van der Waals surface area contributed by atoms with Crippen LogP contribution in [0.3, 0.4) is 0 Å². The Labute approximate surface area is 159 Å². The zero-order valence-corrected chi connectivity index (χ0v) is 16.0. The molecular weight excluding hydrogens is 343 g/mol. The molecule has 1 aromatic carbocycles. The van der Waals surface area contributed by atoms with Gasteiger partial charge in [0.25, 0.3) is 0 Å². The summed E-state index contributed by atoms with van der Waals surface area (Å²) in [6.07, 6.45) is 5.83. The highest BCUT2D eigenvalue weighted by atomic mass is 19.1. The van der Waals surface area contributed by atoms with Gasteiger partial charge in [-0.3, -0.25) is 9.69 Å². The van der Waals surface area contributed by atoms with Gasteiger partial charge in [0.1, 0.15) is 11.6 Å². The zero-order valence-electron chi connectivity index (χ0n) is 16.0. The number of anilines is 1. The normalized spacial score (nSPS) is 23.6. The van der Waals surface area contributed by atoms with Crippen LogP contribution in [0, 0.1) is 12.7 Å². The minimum absolute atomic E-state index is 0.0868. The van der Waals surface area contributed by atoms with Gasteiger partial charge in [0, 0.05) is 18.0 Å². The van der Waals surface area contributed by atoms with Crippen molar-refractivity contribution in [3.63, 3.8) is 0 Å². The Kier molecular flexibility index (Phi) is 4.76. The molecule has 1 amide bonds. The molecular formula is C21H27FN4O. The maximum Gasteiger partial charge on any atom is 0.246 e. The molecule has 4 rings (SSSR count). The highest BCUT2D eigenvalue weighted by Crippen LogP contribution is 2.44. The number of likely N-dealkylation sites (N-methyl/N-ethyl adjacent to an activating group) is 1. The van der Waals surface area contributed by atoms with Crippen LogP contribution in [0.1, 0.15) is 67.8 Å². The van der Waals surface area contributed by atoms with E-state index in [1.54, 1.807) is 17.0 Å². The van der Waals surface area contributed by atoms with Gasteiger partial charge >= 0.3 is 0 Å². The lowest BCUT2D eigenvalue weighted by Crippen LogP contribution is -2.52. The number of aromatic nitrogens is 2. The number of rotatable bonds is 3. The number of benzene rings is 1. The SMILES string of the molecule is CCN1C(=O)[C@@H](N)[C@@H](c2ccc(F)cc2)c2c(C)nn(C3CCCCC3)c21. The van der Waals surface area contributed by atoms with Crippen molar-refractivity contribution in [2.45, 2.75) is 64.0 Å². The Morgan fingerprint density at radius 3 is 2.48 bits per heavy atom. The summed E-state index contributed by atoms with van der Waals surface area (Å²) in [4.78, 5) is 14.9. The predicted octanol–water partition coefficient (Wildman–Crippen LogP) is 3.66. The molecule has 144 valence electrons. The first kappa shape index (κ1) is 18.2. The maximum absolute atomic E-state index is 13.4. The first-order valence-electron chi connectivity index (χ1n) is 9.94. The second kappa shape index (κ2) is 7.08. The summed E-state index contributed by atoms with van der Waals surface area (Å²) in [5.74, 6) is 0.215. The zero-order chi connectivity index (χ0) is 19.1. The molecule has 2 N–H and O–H groups in total. The van der Waals surface area contributed by atoms with Crippen molar-refractivity contribution in [1.29, 1.82) is 0 Å². The lowest BCUT2D eigenvalue weighted by atomic mass is 9.81. The Balaban J connectivity index is 1.88. The van der Waals surface area contributed by atoms with Crippen LogP contribution < -0.4 is 10.6 Å². The van der Waals surface area contributed by atoms with Crippen LogP contribution in [0.2, 0.25) is 0 Å². The third-order valence-electron chi connectivity index (χ3n) is 6.05. The van der Waals surface area contributed by atoms with E-state index < -0.39 is 6.04 Å². The number of hydrogen-bond acceptors (Lipinski definition) is 3. The van der Waals surface area contributed by atoms with Gasteiger partial charge in [-0.2, -0.15) is 5.10 Å². The molecule has 0 spiro atoms. The van der Waals surface area contributed by atoms with Crippen LogP contribution in [0.15, 0.2) is 24.3 Å². The number of carbonyl (C=O) groups is 1. The summed E-state index contributed by atoms with van der Waals surface area (Å²) in [6.45, 7) is 4.53. The lowest BCUT2D eigenvalue weighted by molar-refractivity contribution is -0.120. The molecule has 1 aromatic heterocycles. The molecule has 2 aliphatic rings. The van der Waals surface area contributed by atoms with Crippen LogP contribution >= 0.6 is 0 Å². The van der Waals surface area contributed by atoms with Gasteiger partial charge < -0.3 is 5.73 Å². The van der Waals surface area contributed by atoms with Crippen molar-refractivity contribution in [3.8, 4) is 0 Å². The van der Waals surface area contributed by atoms with Crippen LogP contribution in [0.5, 0.6) is 0 Å². The summed E-state index contributed by atoms with van der Waals surface area (Å²) in [5, 5.41) is 4.87. The third kappa shape index (κ3) is 2.96. The molecule has 1 aliphatic heterocycles. The van der Waals surface area contributed by atoms with Crippen LogP contribution in [0.4, 0.5) is 10.2 Å². The van der Waals surface area contributed by atoms with Gasteiger partial charge in [-0.05, 0) is 44.4 Å². The number of carbonyl (C=O) groups excluding carboxylic acids is 1. The van der Waals surface area contributed by atoms with E-state index in [4.69, 9.17) is 10.8 Å². The van der Waals surface area contributed by atoms with Crippen LogP contribution in [0.25, 0.3) is 0 Å². The smallest absolute Gasteiger partial charge is 0.246 e. The predicted molar refractivity (Wildman–Crippen MR) is 103 cm³/mol. The van der Waals surface area contributed by atoms with Gasteiger partial charge in [0.05, 0.1) is 17.8 Å². The molecule has 6 heteroatoms. The number of nitrogens with zero attached hydrogens (tertiary/aromatic N) is 3. The van der Waals surface area contributed by atoms with E-state index in [2.05, 4.69) is 4.68 Å². The molecule has 1 fully saturated rings. The highest BCUT2D eigenvalue weighted by molar-refractivity contribution is 6.01. The fraction of sp³-hybridized carbons (Fsp3) is 0.524. The quantitative estimate of drug-likeness (QED) is 0.897. The molecule has 1 saturated carbocycles. The number of aryl methyl sites for hydroxylation is 1. The molecule has 2 atom stereocenters. The van der Waals surface area contributed by atoms with Crippen molar-refractivity contribution in [2.24, 2.45) is 5.73 Å². The fourth-order valence-electron chi connectivity index (χ4n) is 4.72. The number of nitrogens with two attached hydrogens (primary N) is 1. The van der Waals surface area contributed by atoms with E-state index in [-0.39, 0.29) is 17.6 Å². The molecule has 2 heterocycles. The average molecular weight is 370 g/mol. The van der Waals surface area contributed by atoms with Crippen LogP contribution in [-0.4, -0.2) is 28.3 Å². The number of amides is 1. The topological polar surface area (TPSA) is 64.2 Å². The summed E-state index contributed by atoms with van der Waals surface area (Å²) >= 11 is 0. The van der Waals surface area contributed by atoms with E-state index in [0.29, 0.717) is 12.6 Å². The number of halogens is 1. The molecule has 0 radical (unpaired) electrons. The first-order valence-corrected chi connectivity index (χ1v) is 9.94. The molecule has 0 bridgehead atoms. The van der Waals surface area contributed by atoms with Crippen molar-refractivity contribution >= 4 is 11.7 Å². The molecule has 0 unspecified atom stereocenters. The van der Waals surface area contributed by atoms with Gasteiger partial charge in [-0.15, -0.1) is 0 Å². The minimum atomic E-state index is -0.689. The van der Waals surface area contributed by atoms with Crippen molar-refractivity contribution < 1.29 is 9.18 Å². The summed E-state index contributed by atoms with van der Waals surface area (Å²) in [7, 11) is 0. The molecule has 5 nitrogen and oxygen atoms in total. The molecule has 1 aliphatic carbocycles. The van der Waals surface area contributed by atoms with E-state index in [9.17, 15) is 9.18 Å². The van der Waals surface area contributed by atoms with Gasteiger partial charge in [-0.1, -0.05) is 31.4 Å². The standard InChI is InChI=1S/C21H27FN4O/c1-3-25-20-17(13(2)24-26(20)16-7-5-4-6-8-16)18(19(23)21(25)27)14-9-11-15(22)12-10-14/h9-12,16,18-19H,3-8,23H2,1-2H3/t18-,19-/m0/s1. The highest BCUT2D eigenvalue weighted by Gasteiger charge is 2.43. The van der Waals surface area contributed by atoms with E-state index in [1.165, 1.54) is 31.4 Å². The molecule has 27 heavy (non-hydrogen) atoms. The second-order valence-electron chi connectivity index (χ2n) is 7.70. The maximum atomic E-state index is 13.4. The molecule has 2 aromatic rings. The van der Waals surface area contributed by atoms with Crippen LogP contribution in [-0.2, 0) is 4.79 Å². The molecule has 0 saturated heterocycles. The monoisotopic (exact) mass is 370 g/mol. The first-order chi connectivity index (χ1) is 13.0. The van der Waals surface area contributed by atoms with Gasteiger partial charge in [-0.25, -0.2) is 9.07 Å². The summed E-state index contributed by atoms with van der Waals surface area (Å²) < 4.78 is 15.5.